The van der Waals surface area contributed by atoms with E-state index >= 15 is 0 Å². The van der Waals surface area contributed by atoms with Crippen molar-refractivity contribution in [3.63, 3.8) is 0 Å². The number of aromatic nitrogens is 2. The van der Waals surface area contributed by atoms with Crippen LogP contribution < -0.4 is 9.47 Å². The van der Waals surface area contributed by atoms with Gasteiger partial charge >= 0.3 is 11.9 Å². The van der Waals surface area contributed by atoms with Crippen molar-refractivity contribution in [2.75, 3.05) is 7.11 Å². The van der Waals surface area contributed by atoms with Crippen LogP contribution in [0.4, 0.5) is 0 Å². The van der Waals surface area contributed by atoms with Crippen molar-refractivity contribution in [3.05, 3.63) is 84.6 Å². The van der Waals surface area contributed by atoms with Gasteiger partial charge in [-0.25, -0.2) is 4.98 Å². The minimum atomic E-state index is -0.686. The zero-order chi connectivity index (χ0) is 23.5. The van der Waals surface area contributed by atoms with E-state index in [1.54, 1.807) is 60.9 Å². The first-order valence-corrected chi connectivity index (χ1v) is 11.4. The average Bonchev–Trinajstić information content (AvgIpc) is 3.41. The van der Waals surface area contributed by atoms with Gasteiger partial charge in [0.15, 0.2) is 4.96 Å². The molecule has 0 atom stereocenters. The first-order chi connectivity index (χ1) is 16.6. The lowest BCUT2D eigenvalue weighted by molar-refractivity contribution is -0.151. The molecular formula is C26H20N2O5S. The van der Waals surface area contributed by atoms with Crippen molar-refractivity contribution in [1.29, 1.82) is 0 Å². The number of carbonyl (C=O) groups excluding carboxylic acids is 2. The number of para-hydroxylation sites is 1. The third-order valence-electron chi connectivity index (χ3n) is 5.21. The van der Waals surface area contributed by atoms with Crippen LogP contribution in [0, 0.1) is 0 Å². The fourth-order valence-corrected chi connectivity index (χ4v) is 4.54. The summed E-state index contributed by atoms with van der Waals surface area (Å²) in [5.74, 6) is -0.289. The average molecular weight is 473 g/mol. The normalized spacial score (nSPS) is 11.0. The van der Waals surface area contributed by atoms with Crippen LogP contribution in [0.1, 0.15) is 12.0 Å². The van der Waals surface area contributed by atoms with E-state index in [1.165, 1.54) is 0 Å². The third kappa shape index (κ3) is 4.62. The molecule has 2 heterocycles. The number of carbonyl (C=O) groups is 2. The summed E-state index contributed by atoms with van der Waals surface area (Å²) in [6.45, 7) is 0.0672. The zero-order valence-electron chi connectivity index (χ0n) is 18.3. The summed E-state index contributed by atoms with van der Waals surface area (Å²) in [6.07, 6.45) is 1.48. The fourth-order valence-electron chi connectivity index (χ4n) is 3.53. The molecule has 0 fully saturated rings. The summed E-state index contributed by atoms with van der Waals surface area (Å²) in [4.78, 5) is 29.9. The molecule has 0 aliphatic heterocycles. The Morgan fingerprint density at radius 2 is 1.76 bits per heavy atom. The van der Waals surface area contributed by atoms with E-state index in [0.29, 0.717) is 11.5 Å². The Balaban J connectivity index is 1.21. The first-order valence-electron chi connectivity index (χ1n) is 10.6. The maximum atomic E-state index is 12.3. The number of imidazole rings is 1. The molecule has 0 saturated carbocycles. The maximum Gasteiger partial charge on any atom is 0.322 e. The second-order valence-corrected chi connectivity index (χ2v) is 8.55. The lowest BCUT2D eigenvalue weighted by Gasteiger charge is -2.07. The standard InChI is InChI=1S/C26H20N2O5S/c1-31-19-11-9-17(10-12-19)16-32-24(29)14-25(30)33-20-6-4-5-18(13-20)21-15-28-22-7-2-3-8-23(22)34-26(28)27-21/h2-13,15H,14,16H2,1H3. The van der Waals surface area contributed by atoms with Gasteiger partial charge in [0.1, 0.15) is 24.5 Å². The largest absolute Gasteiger partial charge is 0.497 e. The van der Waals surface area contributed by atoms with Crippen LogP contribution in [0.2, 0.25) is 0 Å². The van der Waals surface area contributed by atoms with Crippen molar-refractivity contribution in [3.8, 4) is 22.8 Å². The van der Waals surface area contributed by atoms with E-state index in [0.717, 1.165) is 32.0 Å². The van der Waals surface area contributed by atoms with Gasteiger partial charge in [-0.05, 0) is 42.0 Å². The highest BCUT2D eigenvalue weighted by Crippen LogP contribution is 2.30. The number of benzene rings is 3. The third-order valence-corrected chi connectivity index (χ3v) is 6.24. The maximum absolute atomic E-state index is 12.3. The molecule has 7 nitrogen and oxygen atoms in total. The Bertz CT molecular complexity index is 1490. The van der Waals surface area contributed by atoms with Gasteiger partial charge in [0.25, 0.3) is 0 Å². The van der Waals surface area contributed by atoms with E-state index in [-0.39, 0.29) is 6.61 Å². The van der Waals surface area contributed by atoms with Crippen LogP contribution in [0.5, 0.6) is 11.5 Å². The fraction of sp³-hybridized carbons (Fsp3) is 0.115. The molecule has 0 spiro atoms. The second kappa shape index (κ2) is 9.36. The van der Waals surface area contributed by atoms with Crippen LogP contribution in [0.15, 0.2) is 79.0 Å². The smallest absolute Gasteiger partial charge is 0.322 e. The molecule has 0 radical (unpaired) electrons. The summed E-state index contributed by atoms with van der Waals surface area (Å²) in [7, 11) is 1.58. The van der Waals surface area contributed by atoms with Crippen LogP contribution in [0.25, 0.3) is 26.4 Å². The molecule has 0 aliphatic carbocycles. The number of ether oxygens (including phenoxy) is 3. The molecule has 0 N–H and O–H groups in total. The monoisotopic (exact) mass is 472 g/mol. The molecule has 0 unspecified atom stereocenters. The van der Waals surface area contributed by atoms with Gasteiger partial charge < -0.3 is 14.2 Å². The van der Waals surface area contributed by atoms with Crippen molar-refractivity contribution in [2.45, 2.75) is 13.0 Å². The van der Waals surface area contributed by atoms with Gasteiger partial charge in [-0.1, -0.05) is 47.7 Å². The predicted molar refractivity (Wildman–Crippen MR) is 129 cm³/mol. The SMILES string of the molecule is COc1ccc(COC(=O)CC(=O)Oc2cccc(-c3cn4c(n3)sc3ccccc34)c2)cc1. The number of nitrogens with zero attached hydrogens (tertiary/aromatic N) is 2. The summed E-state index contributed by atoms with van der Waals surface area (Å²) in [6, 6.07) is 22.3. The number of methoxy groups -OCH3 is 1. The molecule has 34 heavy (non-hydrogen) atoms. The Labute approximate surface area is 199 Å². The molecule has 0 aliphatic rings. The molecule has 8 heteroatoms. The minimum absolute atomic E-state index is 0.0672. The Morgan fingerprint density at radius 1 is 0.941 bits per heavy atom. The topological polar surface area (TPSA) is 79.1 Å². The van der Waals surface area contributed by atoms with Crippen molar-refractivity contribution >= 4 is 38.5 Å². The van der Waals surface area contributed by atoms with E-state index in [1.807, 2.05) is 28.8 Å². The highest BCUT2D eigenvalue weighted by molar-refractivity contribution is 7.23. The van der Waals surface area contributed by atoms with Gasteiger partial charge in [0.2, 0.25) is 0 Å². The molecule has 0 saturated heterocycles. The van der Waals surface area contributed by atoms with Crippen molar-refractivity contribution in [1.82, 2.24) is 9.38 Å². The second-order valence-electron chi connectivity index (χ2n) is 7.54. The number of rotatable bonds is 7. The zero-order valence-corrected chi connectivity index (χ0v) is 19.1. The summed E-state index contributed by atoms with van der Waals surface area (Å²) in [5.41, 5.74) is 3.47. The number of esters is 2. The van der Waals surface area contributed by atoms with Gasteiger partial charge in [0.05, 0.1) is 23.0 Å². The molecule has 3 aromatic carbocycles. The van der Waals surface area contributed by atoms with Crippen LogP contribution >= 0.6 is 11.3 Å². The van der Waals surface area contributed by atoms with Gasteiger partial charge in [-0.2, -0.15) is 0 Å². The number of thiazole rings is 1. The van der Waals surface area contributed by atoms with Gasteiger partial charge in [-0.3, -0.25) is 14.0 Å². The highest BCUT2D eigenvalue weighted by atomic mass is 32.1. The highest BCUT2D eigenvalue weighted by Gasteiger charge is 2.15. The van der Waals surface area contributed by atoms with Crippen LogP contribution in [-0.2, 0) is 20.9 Å². The molecule has 5 aromatic rings. The van der Waals surface area contributed by atoms with Crippen LogP contribution in [-0.4, -0.2) is 28.4 Å². The summed E-state index contributed by atoms with van der Waals surface area (Å²) < 4.78 is 18.8. The Hall–Kier alpha value is -4.17. The summed E-state index contributed by atoms with van der Waals surface area (Å²) in [5, 5.41) is 0. The van der Waals surface area contributed by atoms with E-state index in [2.05, 4.69) is 12.1 Å². The van der Waals surface area contributed by atoms with E-state index in [4.69, 9.17) is 19.2 Å². The first kappa shape index (κ1) is 21.7. The molecule has 0 amide bonds. The predicted octanol–water partition coefficient (Wildman–Crippen LogP) is 5.26. The minimum Gasteiger partial charge on any atom is -0.497 e. The van der Waals surface area contributed by atoms with Gasteiger partial charge in [0, 0.05) is 11.8 Å². The van der Waals surface area contributed by atoms with Crippen molar-refractivity contribution < 1.29 is 23.8 Å². The number of hydrogen-bond donors (Lipinski definition) is 0. The molecular weight excluding hydrogens is 452 g/mol. The van der Waals surface area contributed by atoms with Crippen LogP contribution in [0.3, 0.4) is 0 Å². The van der Waals surface area contributed by atoms with Gasteiger partial charge in [-0.15, -0.1) is 0 Å². The van der Waals surface area contributed by atoms with E-state index in [9.17, 15) is 9.59 Å². The number of hydrogen-bond acceptors (Lipinski definition) is 7. The van der Waals surface area contributed by atoms with E-state index < -0.39 is 18.4 Å². The Morgan fingerprint density at radius 3 is 2.59 bits per heavy atom. The Kier molecular flexibility index (Phi) is 5.97. The summed E-state index contributed by atoms with van der Waals surface area (Å²) >= 11 is 1.61. The van der Waals surface area contributed by atoms with Crippen molar-refractivity contribution in [2.24, 2.45) is 0 Å². The molecule has 5 rings (SSSR count). The lowest BCUT2D eigenvalue weighted by atomic mass is 10.1. The molecule has 2 aromatic heterocycles. The molecule has 170 valence electrons. The lowest BCUT2D eigenvalue weighted by Crippen LogP contribution is -2.16. The molecule has 0 bridgehead atoms. The number of fused-ring (bicyclic) bond motifs is 3. The quantitative estimate of drug-likeness (QED) is 0.183.